The third-order valence-electron chi connectivity index (χ3n) is 4.28. The smallest absolute Gasteiger partial charge is 0.258 e. The Morgan fingerprint density at radius 2 is 0.846 bits per heavy atom. The predicted molar refractivity (Wildman–Crippen MR) is 105 cm³/mol. The van der Waals surface area contributed by atoms with Gasteiger partial charge in [0.15, 0.2) is 0 Å². The van der Waals surface area contributed by atoms with E-state index in [1.54, 1.807) is 48.2 Å². The molecule has 0 aliphatic carbocycles. The molecule has 0 bridgehead atoms. The maximum atomic E-state index is 13.0. The number of rotatable bonds is 4. The molecule has 0 aliphatic heterocycles. The molecule has 0 saturated heterocycles. The van der Waals surface area contributed by atoms with E-state index >= 15 is 0 Å². The minimum atomic E-state index is -0.221. The van der Waals surface area contributed by atoms with Gasteiger partial charge in [-0.2, -0.15) is 0 Å². The Morgan fingerprint density at radius 1 is 0.538 bits per heavy atom. The van der Waals surface area contributed by atoms with Crippen LogP contribution in [0.5, 0.6) is 0 Å². The van der Waals surface area contributed by atoms with Gasteiger partial charge in [-0.15, -0.1) is 0 Å². The summed E-state index contributed by atoms with van der Waals surface area (Å²) in [5.74, 6) is -0.441. The minimum Gasteiger partial charge on any atom is -0.311 e. The number of para-hydroxylation sites is 2. The van der Waals surface area contributed by atoms with Crippen LogP contribution in [0.3, 0.4) is 0 Å². The average Bonchev–Trinajstić information content (AvgIpc) is 2.73. The molecule has 3 aromatic rings. The summed E-state index contributed by atoms with van der Waals surface area (Å²) in [4.78, 5) is 29.1. The van der Waals surface area contributed by atoms with Crippen molar-refractivity contribution in [3.8, 4) is 0 Å². The highest BCUT2D eigenvalue weighted by Crippen LogP contribution is 2.20. The number of anilines is 2. The Bertz CT molecular complexity index is 831. The standard InChI is InChI=1S/C22H20N2O2/c1-23(17-11-5-3-6-12-17)21(25)19-15-9-10-16-20(19)22(26)24(2)18-13-7-4-8-14-18/h3-16H,1-2H3. The number of carbonyl (C=O) groups is 2. The van der Waals surface area contributed by atoms with Crippen molar-refractivity contribution in [2.75, 3.05) is 23.9 Å². The quantitative estimate of drug-likeness (QED) is 0.710. The van der Waals surface area contributed by atoms with E-state index in [4.69, 9.17) is 0 Å². The van der Waals surface area contributed by atoms with Crippen molar-refractivity contribution in [3.63, 3.8) is 0 Å². The van der Waals surface area contributed by atoms with Crippen LogP contribution in [0, 0.1) is 0 Å². The fourth-order valence-electron chi connectivity index (χ4n) is 2.76. The monoisotopic (exact) mass is 344 g/mol. The largest absolute Gasteiger partial charge is 0.311 e. The number of benzene rings is 3. The molecule has 0 unspecified atom stereocenters. The van der Waals surface area contributed by atoms with Gasteiger partial charge in [0, 0.05) is 25.5 Å². The molecule has 0 aromatic heterocycles. The second kappa shape index (κ2) is 7.66. The zero-order chi connectivity index (χ0) is 18.5. The van der Waals surface area contributed by atoms with Crippen LogP contribution < -0.4 is 9.80 Å². The Hall–Kier alpha value is -3.40. The molecule has 26 heavy (non-hydrogen) atoms. The van der Waals surface area contributed by atoms with Gasteiger partial charge in [-0.1, -0.05) is 48.5 Å². The van der Waals surface area contributed by atoms with Gasteiger partial charge in [-0.05, 0) is 36.4 Å². The van der Waals surface area contributed by atoms with Crippen molar-refractivity contribution in [2.45, 2.75) is 0 Å². The summed E-state index contributed by atoms with van der Waals surface area (Å²) in [6.07, 6.45) is 0. The number of amides is 2. The topological polar surface area (TPSA) is 40.6 Å². The fourth-order valence-corrected chi connectivity index (χ4v) is 2.76. The predicted octanol–water partition coefficient (Wildman–Crippen LogP) is 4.24. The first kappa shape index (κ1) is 17.4. The summed E-state index contributed by atoms with van der Waals surface area (Å²) in [5, 5.41) is 0. The van der Waals surface area contributed by atoms with Gasteiger partial charge in [0.2, 0.25) is 0 Å². The van der Waals surface area contributed by atoms with E-state index in [-0.39, 0.29) is 11.8 Å². The molecule has 4 heteroatoms. The molecule has 0 fully saturated rings. The summed E-state index contributed by atoms with van der Waals surface area (Å²) in [5.41, 5.74) is 2.31. The van der Waals surface area contributed by atoms with Gasteiger partial charge >= 0.3 is 0 Å². The third-order valence-corrected chi connectivity index (χ3v) is 4.28. The molecule has 2 amide bonds. The van der Waals surface area contributed by atoms with Crippen LogP contribution in [0.1, 0.15) is 20.7 Å². The molecule has 4 nitrogen and oxygen atoms in total. The molecule has 0 aliphatic rings. The van der Waals surface area contributed by atoms with Gasteiger partial charge in [0.25, 0.3) is 11.8 Å². The summed E-state index contributed by atoms with van der Waals surface area (Å²) in [6.45, 7) is 0. The van der Waals surface area contributed by atoms with Crippen molar-refractivity contribution in [2.24, 2.45) is 0 Å². The second-order valence-electron chi connectivity index (χ2n) is 5.95. The lowest BCUT2D eigenvalue weighted by Crippen LogP contribution is -2.32. The Kier molecular flexibility index (Phi) is 5.13. The number of hydrogen-bond donors (Lipinski definition) is 0. The first-order chi connectivity index (χ1) is 12.6. The number of hydrogen-bond acceptors (Lipinski definition) is 2. The van der Waals surface area contributed by atoms with Crippen molar-refractivity contribution >= 4 is 23.2 Å². The lowest BCUT2D eigenvalue weighted by Gasteiger charge is -2.22. The van der Waals surface area contributed by atoms with Crippen LogP contribution in [0.15, 0.2) is 84.9 Å². The van der Waals surface area contributed by atoms with Crippen molar-refractivity contribution in [1.82, 2.24) is 0 Å². The Morgan fingerprint density at radius 3 is 1.19 bits per heavy atom. The van der Waals surface area contributed by atoms with Crippen LogP contribution in [0.4, 0.5) is 11.4 Å². The highest BCUT2D eigenvalue weighted by molar-refractivity contribution is 6.16. The van der Waals surface area contributed by atoms with Gasteiger partial charge in [0.05, 0.1) is 11.1 Å². The highest BCUT2D eigenvalue weighted by Gasteiger charge is 2.23. The highest BCUT2D eigenvalue weighted by atomic mass is 16.2. The molecule has 0 atom stereocenters. The molecule has 0 heterocycles. The zero-order valence-corrected chi connectivity index (χ0v) is 14.8. The summed E-state index contributed by atoms with van der Waals surface area (Å²) >= 11 is 0. The zero-order valence-electron chi connectivity index (χ0n) is 14.8. The van der Waals surface area contributed by atoms with Crippen LogP contribution >= 0.6 is 0 Å². The van der Waals surface area contributed by atoms with Gasteiger partial charge in [-0.25, -0.2) is 0 Å². The molecule has 0 radical (unpaired) electrons. The van der Waals surface area contributed by atoms with Gasteiger partial charge in [-0.3, -0.25) is 9.59 Å². The van der Waals surface area contributed by atoms with Crippen LogP contribution in [0.2, 0.25) is 0 Å². The summed E-state index contributed by atoms with van der Waals surface area (Å²) in [7, 11) is 3.42. The number of nitrogens with zero attached hydrogens (tertiary/aromatic N) is 2. The SMILES string of the molecule is CN(C(=O)c1ccccc1C(=O)N(C)c1ccccc1)c1ccccc1. The van der Waals surface area contributed by atoms with E-state index in [0.717, 1.165) is 11.4 Å². The van der Waals surface area contributed by atoms with E-state index in [2.05, 4.69) is 0 Å². The van der Waals surface area contributed by atoms with Crippen LogP contribution in [0.25, 0.3) is 0 Å². The Balaban J connectivity index is 1.93. The van der Waals surface area contributed by atoms with E-state index in [9.17, 15) is 9.59 Å². The first-order valence-corrected chi connectivity index (χ1v) is 8.35. The summed E-state index contributed by atoms with van der Waals surface area (Å²) in [6, 6.07) is 25.6. The lowest BCUT2D eigenvalue weighted by molar-refractivity contribution is 0.0960. The molecule has 0 spiro atoms. The third kappa shape index (κ3) is 3.49. The maximum absolute atomic E-state index is 13.0. The number of carbonyl (C=O) groups excluding carboxylic acids is 2. The van der Waals surface area contributed by atoms with Crippen molar-refractivity contribution in [1.29, 1.82) is 0 Å². The van der Waals surface area contributed by atoms with Gasteiger partial charge < -0.3 is 9.80 Å². The van der Waals surface area contributed by atoms with Crippen molar-refractivity contribution in [3.05, 3.63) is 96.1 Å². The van der Waals surface area contributed by atoms with Crippen LogP contribution in [-0.4, -0.2) is 25.9 Å². The molecule has 0 saturated carbocycles. The Labute approximate surface area is 153 Å². The maximum Gasteiger partial charge on any atom is 0.258 e. The van der Waals surface area contributed by atoms with Gasteiger partial charge in [0.1, 0.15) is 0 Å². The minimum absolute atomic E-state index is 0.221. The first-order valence-electron chi connectivity index (χ1n) is 8.35. The summed E-state index contributed by atoms with van der Waals surface area (Å²) < 4.78 is 0. The molecule has 3 rings (SSSR count). The van der Waals surface area contributed by atoms with Crippen molar-refractivity contribution < 1.29 is 9.59 Å². The molecule has 3 aromatic carbocycles. The van der Waals surface area contributed by atoms with E-state index < -0.39 is 0 Å². The molecule has 0 N–H and O–H groups in total. The lowest BCUT2D eigenvalue weighted by atomic mass is 10.0. The molecular weight excluding hydrogens is 324 g/mol. The second-order valence-corrected chi connectivity index (χ2v) is 5.95. The average molecular weight is 344 g/mol. The van der Waals surface area contributed by atoms with E-state index in [1.807, 2.05) is 60.7 Å². The van der Waals surface area contributed by atoms with Crippen LogP contribution in [-0.2, 0) is 0 Å². The molecule has 130 valence electrons. The normalized spacial score (nSPS) is 10.2. The van der Waals surface area contributed by atoms with E-state index in [1.165, 1.54) is 0 Å². The molecular formula is C22H20N2O2. The fraction of sp³-hybridized carbons (Fsp3) is 0.0909. The van der Waals surface area contributed by atoms with E-state index in [0.29, 0.717) is 11.1 Å².